The molecule has 2 unspecified atom stereocenters. The van der Waals surface area contributed by atoms with Crippen LogP contribution in [0.3, 0.4) is 0 Å². The van der Waals surface area contributed by atoms with Gasteiger partial charge in [-0.25, -0.2) is 8.78 Å². The van der Waals surface area contributed by atoms with Crippen molar-refractivity contribution in [1.82, 2.24) is 4.72 Å². The maximum absolute atomic E-state index is 13.8. The van der Waals surface area contributed by atoms with Crippen molar-refractivity contribution >= 4 is 11.4 Å². The van der Waals surface area contributed by atoms with Gasteiger partial charge in [-0.3, -0.25) is 0 Å². The van der Waals surface area contributed by atoms with E-state index in [0.29, 0.717) is 24.0 Å². The summed E-state index contributed by atoms with van der Waals surface area (Å²) in [5, 5.41) is 0. The molecule has 2 atom stereocenters. The van der Waals surface area contributed by atoms with Crippen LogP contribution in [0.2, 0.25) is 0 Å². The fraction of sp³-hybridized carbons (Fsp3) is 0.538. The highest BCUT2D eigenvalue weighted by Crippen LogP contribution is 2.35. The van der Waals surface area contributed by atoms with E-state index >= 15 is 0 Å². The number of hydrogen-bond donors (Lipinski definition) is 1. The maximum Gasteiger partial charge on any atom is 0.136 e. The van der Waals surface area contributed by atoms with E-state index in [1.165, 1.54) is 6.07 Å². The minimum atomic E-state index is -1.26. The third-order valence-electron chi connectivity index (χ3n) is 3.04. The molecule has 5 heteroatoms. The highest BCUT2D eigenvalue weighted by atomic mass is 32.2. The van der Waals surface area contributed by atoms with Crippen LogP contribution in [-0.2, 0) is 17.8 Å². The van der Waals surface area contributed by atoms with Crippen LogP contribution < -0.4 is 4.72 Å². The van der Waals surface area contributed by atoms with Crippen LogP contribution in [0.25, 0.3) is 0 Å². The molecule has 0 spiro atoms. The van der Waals surface area contributed by atoms with Crippen molar-refractivity contribution in [2.24, 2.45) is 0 Å². The molecule has 100 valence electrons. The summed E-state index contributed by atoms with van der Waals surface area (Å²) in [5.74, 6) is -1.10. The Morgan fingerprint density at radius 3 is 2.61 bits per heavy atom. The van der Waals surface area contributed by atoms with Crippen LogP contribution in [0.15, 0.2) is 12.1 Å². The summed E-state index contributed by atoms with van der Waals surface area (Å²) in [6, 6.07) is 1.96. The molecule has 1 aromatic rings. The molecule has 0 aliphatic heterocycles. The first-order valence-electron chi connectivity index (χ1n) is 5.95. The number of benzene rings is 1. The lowest BCUT2D eigenvalue weighted by Crippen LogP contribution is -2.40. The molecule has 0 radical (unpaired) electrons. The summed E-state index contributed by atoms with van der Waals surface area (Å²) < 4.78 is 41.4. The SMILES string of the molecule is CC(C)(C)[S+]([O-])NC1CCc2cc(F)cc(F)c21. The van der Waals surface area contributed by atoms with Crippen LogP contribution in [0.5, 0.6) is 0 Å². The second-order valence-corrected chi connectivity index (χ2v) is 7.55. The first kappa shape index (κ1) is 13.8. The summed E-state index contributed by atoms with van der Waals surface area (Å²) in [7, 11) is 0. The molecule has 0 saturated carbocycles. The van der Waals surface area contributed by atoms with E-state index in [9.17, 15) is 13.3 Å². The Bertz CT molecular complexity index is 459. The van der Waals surface area contributed by atoms with Gasteiger partial charge in [-0.1, -0.05) is 0 Å². The van der Waals surface area contributed by atoms with Crippen LogP contribution in [0.1, 0.15) is 44.4 Å². The van der Waals surface area contributed by atoms with Crippen LogP contribution >= 0.6 is 0 Å². The Kier molecular flexibility index (Phi) is 3.67. The third-order valence-corrected chi connectivity index (χ3v) is 4.65. The van der Waals surface area contributed by atoms with E-state index < -0.39 is 27.7 Å². The number of halogens is 2. The van der Waals surface area contributed by atoms with Crippen molar-refractivity contribution in [2.45, 2.75) is 44.4 Å². The smallest absolute Gasteiger partial charge is 0.136 e. The molecule has 0 saturated heterocycles. The van der Waals surface area contributed by atoms with Crippen LogP contribution in [-0.4, -0.2) is 9.30 Å². The van der Waals surface area contributed by atoms with E-state index in [0.717, 1.165) is 6.07 Å². The van der Waals surface area contributed by atoms with E-state index in [1.807, 2.05) is 20.8 Å². The molecular weight excluding hydrogens is 256 g/mol. The van der Waals surface area contributed by atoms with Gasteiger partial charge in [-0.15, -0.1) is 4.72 Å². The average Bonchev–Trinajstić information content (AvgIpc) is 2.59. The van der Waals surface area contributed by atoms with E-state index in [2.05, 4.69) is 4.72 Å². The van der Waals surface area contributed by atoms with Gasteiger partial charge in [0, 0.05) is 23.0 Å². The summed E-state index contributed by atoms with van der Waals surface area (Å²) in [6.45, 7) is 5.56. The summed E-state index contributed by atoms with van der Waals surface area (Å²) in [5.41, 5.74) is 1.14. The molecule has 1 aliphatic rings. The van der Waals surface area contributed by atoms with Crippen molar-refractivity contribution < 1.29 is 13.3 Å². The molecule has 0 fully saturated rings. The summed E-state index contributed by atoms with van der Waals surface area (Å²) in [4.78, 5) is 0. The predicted octanol–water partition coefficient (Wildman–Crippen LogP) is 3.00. The quantitative estimate of drug-likeness (QED) is 0.841. The van der Waals surface area contributed by atoms with Gasteiger partial charge in [0.25, 0.3) is 0 Å². The van der Waals surface area contributed by atoms with Gasteiger partial charge < -0.3 is 4.55 Å². The van der Waals surface area contributed by atoms with Crippen LogP contribution in [0.4, 0.5) is 8.78 Å². The predicted molar refractivity (Wildman–Crippen MR) is 68.5 cm³/mol. The maximum atomic E-state index is 13.8. The largest absolute Gasteiger partial charge is 0.598 e. The van der Waals surface area contributed by atoms with Crippen molar-refractivity contribution in [3.05, 3.63) is 34.9 Å². The van der Waals surface area contributed by atoms with Gasteiger partial charge >= 0.3 is 0 Å². The molecule has 2 nitrogen and oxygen atoms in total. The highest BCUT2D eigenvalue weighted by molar-refractivity contribution is 7.90. The van der Waals surface area contributed by atoms with E-state index in [-0.39, 0.29) is 6.04 Å². The topological polar surface area (TPSA) is 35.1 Å². The number of aryl methyl sites for hydroxylation is 1. The zero-order valence-electron chi connectivity index (χ0n) is 10.7. The molecule has 0 heterocycles. The molecular formula is C13H17F2NOS. The second kappa shape index (κ2) is 4.79. The Labute approximate surface area is 109 Å². The van der Waals surface area contributed by atoms with Gasteiger partial charge in [0.2, 0.25) is 0 Å². The number of rotatable bonds is 2. The zero-order valence-corrected chi connectivity index (χ0v) is 11.5. The Balaban J connectivity index is 2.22. The minimum Gasteiger partial charge on any atom is -0.598 e. The fourth-order valence-corrected chi connectivity index (χ4v) is 2.95. The Morgan fingerprint density at radius 1 is 1.33 bits per heavy atom. The minimum absolute atomic E-state index is 0.291. The fourth-order valence-electron chi connectivity index (χ4n) is 2.10. The number of fused-ring (bicyclic) bond motifs is 1. The van der Waals surface area contributed by atoms with Gasteiger partial charge in [0.05, 0.1) is 6.04 Å². The van der Waals surface area contributed by atoms with Crippen molar-refractivity contribution in [1.29, 1.82) is 0 Å². The lowest BCUT2D eigenvalue weighted by Gasteiger charge is -2.26. The van der Waals surface area contributed by atoms with Gasteiger partial charge in [-0.2, -0.15) is 0 Å². The third kappa shape index (κ3) is 2.68. The second-order valence-electron chi connectivity index (χ2n) is 5.55. The van der Waals surface area contributed by atoms with Crippen molar-refractivity contribution in [3.8, 4) is 0 Å². The van der Waals surface area contributed by atoms with E-state index in [1.54, 1.807) is 0 Å². The van der Waals surface area contributed by atoms with Gasteiger partial charge in [0.1, 0.15) is 16.4 Å². The molecule has 18 heavy (non-hydrogen) atoms. The average molecular weight is 273 g/mol. The first-order valence-corrected chi connectivity index (χ1v) is 7.10. The van der Waals surface area contributed by atoms with Gasteiger partial charge in [0.15, 0.2) is 0 Å². The molecule has 1 N–H and O–H groups in total. The number of hydrogen-bond acceptors (Lipinski definition) is 2. The Morgan fingerprint density at radius 2 is 2.00 bits per heavy atom. The standard InChI is InChI=1S/C13H17F2NOS/c1-13(2,3)18(17)16-11-5-4-8-6-9(14)7-10(15)12(8)11/h6-7,11,16H,4-5H2,1-3H3. The molecule has 1 aliphatic carbocycles. The lowest BCUT2D eigenvalue weighted by atomic mass is 10.1. The lowest BCUT2D eigenvalue weighted by molar-refractivity contribution is 0.511. The molecule has 2 rings (SSSR count). The van der Waals surface area contributed by atoms with Gasteiger partial charge in [-0.05, 0) is 45.2 Å². The summed E-state index contributed by atoms with van der Waals surface area (Å²) >= 11 is -1.26. The van der Waals surface area contributed by atoms with E-state index in [4.69, 9.17) is 0 Å². The van der Waals surface area contributed by atoms with Crippen molar-refractivity contribution in [2.75, 3.05) is 0 Å². The van der Waals surface area contributed by atoms with Crippen molar-refractivity contribution in [3.63, 3.8) is 0 Å². The molecule has 0 amide bonds. The molecule has 1 aromatic carbocycles. The highest BCUT2D eigenvalue weighted by Gasteiger charge is 2.34. The monoisotopic (exact) mass is 273 g/mol. The molecule has 0 bridgehead atoms. The first-order chi connectivity index (χ1) is 8.29. The van der Waals surface area contributed by atoms with Crippen LogP contribution in [0, 0.1) is 11.6 Å². The normalized spacial score (nSPS) is 20.9. The summed E-state index contributed by atoms with van der Waals surface area (Å²) in [6.07, 6.45) is 1.26. The molecule has 0 aromatic heterocycles. The zero-order chi connectivity index (χ0) is 13.5. The Hall–Kier alpha value is -0.650. The number of nitrogens with one attached hydrogen (secondary N) is 1.